The van der Waals surface area contributed by atoms with Gasteiger partial charge in [0.25, 0.3) is 0 Å². The molecule has 0 saturated carbocycles. The lowest BCUT2D eigenvalue weighted by Crippen LogP contribution is -2.54. The maximum absolute atomic E-state index is 13.1. The second kappa shape index (κ2) is 8.32. The topological polar surface area (TPSA) is 90.7 Å². The molecule has 1 saturated heterocycles. The highest BCUT2D eigenvalue weighted by Crippen LogP contribution is 2.35. The van der Waals surface area contributed by atoms with Crippen molar-refractivity contribution in [1.29, 1.82) is 0 Å². The van der Waals surface area contributed by atoms with Gasteiger partial charge in [-0.1, -0.05) is 0 Å². The Bertz CT molecular complexity index is 1110. The fraction of sp³-hybridized carbons (Fsp3) is 0.429. The lowest BCUT2D eigenvalue weighted by Gasteiger charge is -2.38. The van der Waals surface area contributed by atoms with Gasteiger partial charge in [0.05, 0.1) is 11.9 Å². The van der Waals surface area contributed by atoms with E-state index in [2.05, 4.69) is 50.5 Å². The van der Waals surface area contributed by atoms with E-state index in [4.69, 9.17) is 0 Å². The molecule has 3 aromatic heterocycles. The number of aryl methyl sites for hydroxylation is 1. The zero-order valence-corrected chi connectivity index (χ0v) is 18.7. The highest BCUT2D eigenvalue weighted by molar-refractivity contribution is 6.03. The molecule has 1 fully saturated rings. The van der Waals surface area contributed by atoms with Crippen LogP contribution in [0.25, 0.3) is 5.65 Å². The van der Waals surface area contributed by atoms with E-state index in [1.165, 1.54) is 12.0 Å². The van der Waals surface area contributed by atoms with Crippen molar-refractivity contribution in [3.05, 3.63) is 42.0 Å². The van der Waals surface area contributed by atoms with Crippen molar-refractivity contribution < 1.29 is 4.79 Å². The second-order valence-electron chi connectivity index (χ2n) is 8.27. The number of nitrogens with one attached hydrogen (secondary N) is 2. The van der Waals surface area contributed by atoms with Gasteiger partial charge in [-0.25, -0.2) is 19.3 Å². The van der Waals surface area contributed by atoms with E-state index in [9.17, 15) is 4.79 Å². The Morgan fingerprint density at radius 3 is 2.77 bits per heavy atom. The summed E-state index contributed by atoms with van der Waals surface area (Å²) in [6.45, 7) is 8.88. The summed E-state index contributed by atoms with van der Waals surface area (Å²) in [7, 11) is 0. The van der Waals surface area contributed by atoms with Crippen molar-refractivity contribution in [1.82, 2.24) is 24.9 Å². The van der Waals surface area contributed by atoms with Gasteiger partial charge in [-0.15, -0.1) is 12.4 Å². The standard InChI is InChI=1S/C21H26N8O.ClH/c1-13-8-19-23-12-24-29(19)11-17(13)26-21(30)28-7-5-16-18(4-6-22-20(16)28)27-9-14(2)25-15(3)10-27;/h4,6,8,11-12,14-15,25H,5,7,9-10H2,1-3H3,(H,26,30);1H/t14-,15+;. The summed E-state index contributed by atoms with van der Waals surface area (Å²) >= 11 is 0. The molecule has 0 aliphatic carbocycles. The van der Waals surface area contributed by atoms with Gasteiger partial charge in [-0.3, -0.25) is 4.90 Å². The molecule has 2 aliphatic rings. The zero-order valence-electron chi connectivity index (χ0n) is 17.9. The van der Waals surface area contributed by atoms with Gasteiger partial charge in [0, 0.05) is 49.2 Å². The van der Waals surface area contributed by atoms with Crippen LogP contribution in [0, 0.1) is 6.92 Å². The molecule has 9 nitrogen and oxygen atoms in total. The first-order valence-electron chi connectivity index (χ1n) is 10.4. The number of piperazine rings is 1. The summed E-state index contributed by atoms with van der Waals surface area (Å²) in [6, 6.07) is 4.65. The Hall–Kier alpha value is -2.91. The number of aromatic nitrogens is 4. The van der Waals surface area contributed by atoms with Crippen LogP contribution >= 0.6 is 12.4 Å². The van der Waals surface area contributed by atoms with E-state index in [1.807, 2.05) is 19.2 Å². The number of halogens is 1. The third-order valence-corrected chi connectivity index (χ3v) is 5.86. The molecule has 0 spiro atoms. The summed E-state index contributed by atoms with van der Waals surface area (Å²) in [5, 5.41) is 10.8. The molecule has 0 radical (unpaired) electrons. The molecule has 0 unspecified atom stereocenters. The van der Waals surface area contributed by atoms with Crippen LogP contribution in [-0.4, -0.2) is 57.3 Å². The Balaban J connectivity index is 0.00000231. The first-order chi connectivity index (χ1) is 14.5. The fourth-order valence-corrected chi connectivity index (χ4v) is 4.56. The van der Waals surface area contributed by atoms with Crippen molar-refractivity contribution in [3.63, 3.8) is 0 Å². The first kappa shape index (κ1) is 21.3. The number of amides is 2. The molecule has 31 heavy (non-hydrogen) atoms. The molecule has 2 amide bonds. The first-order valence-corrected chi connectivity index (χ1v) is 10.4. The molecule has 2 aliphatic heterocycles. The average Bonchev–Trinajstić information content (AvgIpc) is 3.33. The van der Waals surface area contributed by atoms with Gasteiger partial charge in [-0.2, -0.15) is 5.10 Å². The third kappa shape index (κ3) is 3.90. The van der Waals surface area contributed by atoms with Crippen molar-refractivity contribution in [2.45, 2.75) is 39.3 Å². The van der Waals surface area contributed by atoms with Gasteiger partial charge in [0.1, 0.15) is 12.1 Å². The number of urea groups is 1. The second-order valence-corrected chi connectivity index (χ2v) is 8.27. The molecular weight excluding hydrogens is 416 g/mol. The number of hydrogen-bond donors (Lipinski definition) is 2. The van der Waals surface area contributed by atoms with Crippen LogP contribution in [0.5, 0.6) is 0 Å². The predicted octanol–water partition coefficient (Wildman–Crippen LogP) is 2.64. The van der Waals surface area contributed by atoms with Crippen LogP contribution in [-0.2, 0) is 6.42 Å². The van der Waals surface area contributed by atoms with Gasteiger partial charge in [0.15, 0.2) is 5.65 Å². The fourth-order valence-electron chi connectivity index (χ4n) is 4.56. The summed E-state index contributed by atoms with van der Waals surface area (Å²) in [4.78, 5) is 26.0. The summed E-state index contributed by atoms with van der Waals surface area (Å²) < 4.78 is 1.66. The van der Waals surface area contributed by atoms with E-state index < -0.39 is 0 Å². The van der Waals surface area contributed by atoms with Crippen LogP contribution in [0.4, 0.5) is 22.0 Å². The average molecular weight is 443 g/mol. The van der Waals surface area contributed by atoms with Gasteiger partial charge in [0.2, 0.25) is 0 Å². The van der Waals surface area contributed by atoms with Crippen molar-refractivity contribution >= 4 is 41.3 Å². The number of anilines is 3. The van der Waals surface area contributed by atoms with Crippen LogP contribution in [0.2, 0.25) is 0 Å². The van der Waals surface area contributed by atoms with E-state index in [0.29, 0.717) is 24.3 Å². The number of carbonyl (C=O) groups excluding carboxylic acids is 1. The number of hydrogen-bond acceptors (Lipinski definition) is 6. The van der Waals surface area contributed by atoms with Crippen LogP contribution in [0.1, 0.15) is 25.0 Å². The Kier molecular flexibility index (Phi) is 5.72. The molecule has 2 N–H and O–H groups in total. The highest BCUT2D eigenvalue weighted by Gasteiger charge is 2.31. The van der Waals surface area contributed by atoms with Crippen molar-refractivity contribution in [2.24, 2.45) is 0 Å². The molecule has 164 valence electrons. The molecule has 10 heteroatoms. The summed E-state index contributed by atoms with van der Waals surface area (Å²) in [5.74, 6) is 0.753. The third-order valence-electron chi connectivity index (χ3n) is 5.86. The number of fused-ring (bicyclic) bond motifs is 2. The Morgan fingerprint density at radius 2 is 2.00 bits per heavy atom. The molecule has 2 atom stereocenters. The molecule has 5 heterocycles. The van der Waals surface area contributed by atoms with Crippen molar-refractivity contribution in [2.75, 3.05) is 34.8 Å². The molecule has 3 aromatic rings. The number of carbonyl (C=O) groups is 1. The van der Waals surface area contributed by atoms with Crippen LogP contribution in [0.15, 0.2) is 30.9 Å². The van der Waals surface area contributed by atoms with E-state index in [0.717, 1.165) is 42.1 Å². The summed E-state index contributed by atoms with van der Waals surface area (Å²) in [5.41, 5.74) is 4.75. The molecule has 5 rings (SSSR count). The van der Waals surface area contributed by atoms with Crippen molar-refractivity contribution in [3.8, 4) is 0 Å². The Morgan fingerprint density at radius 1 is 1.23 bits per heavy atom. The number of pyridine rings is 2. The highest BCUT2D eigenvalue weighted by atomic mass is 35.5. The van der Waals surface area contributed by atoms with Crippen LogP contribution < -0.4 is 20.4 Å². The quantitative estimate of drug-likeness (QED) is 0.634. The van der Waals surface area contributed by atoms with E-state index in [1.54, 1.807) is 15.6 Å². The monoisotopic (exact) mass is 442 g/mol. The zero-order chi connectivity index (χ0) is 20.8. The molecular formula is C21H27ClN8O. The smallest absolute Gasteiger partial charge is 0.327 e. The molecule has 0 bridgehead atoms. The largest absolute Gasteiger partial charge is 0.368 e. The lowest BCUT2D eigenvalue weighted by atomic mass is 10.1. The van der Waals surface area contributed by atoms with Gasteiger partial charge < -0.3 is 15.5 Å². The minimum Gasteiger partial charge on any atom is -0.368 e. The maximum atomic E-state index is 13.1. The minimum absolute atomic E-state index is 0. The van der Waals surface area contributed by atoms with Gasteiger partial charge >= 0.3 is 6.03 Å². The summed E-state index contributed by atoms with van der Waals surface area (Å²) in [6.07, 6.45) is 5.91. The minimum atomic E-state index is -0.178. The normalized spacial score (nSPS) is 20.5. The molecule has 0 aromatic carbocycles. The maximum Gasteiger partial charge on any atom is 0.327 e. The SMILES string of the molecule is Cc1cc2ncnn2cc1NC(=O)N1CCc2c(N3C[C@@H](C)N[C@@H](C)C3)ccnc21.Cl. The van der Waals surface area contributed by atoms with E-state index >= 15 is 0 Å². The number of nitrogens with zero attached hydrogens (tertiary/aromatic N) is 6. The van der Waals surface area contributed by atoms with Gasteiger partial charge in [-0.05, 0) is 44.9 Å². The predicted molar refractivity (Wildman–Crippen MR) is 124 cm³/mol. The Labute approximate surface area is 187 Å². The number of rotatable bonds is 2. The lowest BCUT2D eigenvalue weighted by molar-refractivity contribution is 0.257. The van der Waals surface area contributed by atoms with E-state index in [-0.39, 0.29) is 18.4 Å². The van der Waals surface area contributed by atoms with Crippen LogP contribution in [0.3, 0.4) is 0 Å².